The number of ether oxygens (including phenoxy) is 1. The number of carboxylic acids is 1. The molecule has 0 aromatic heterocycles. The summed E-state index contributed by atoms with van der Waals surface area (Å²) in [7, 11) is 0. The van der Waals surface area contributed by atoms with Gasteiger partial charge in [-0.05, 0) is 43.9 Å². The van der Waals surface area contributed by atoms with Crippen molar-refractivity contribution >= 4 is 29.4 Å². The van der Waals surface area contributed by atoms with Gasteiger partial charge in [0, 0.05) is 12.1 Å². The lowest BCUT2D eigenvalue weighted by Crippen LogP contribution is -2.42. The van der Waals surface area contributed by atoms with Crippen LogP contribution in [0.2, 0.25) is 0 Å². The number of carbonyl (C=O) groups excluding carboxylic acids is 2. The highest BCUT2D eigenvalue weighted by atomic mass is 16.5. The normalized spacial score (nSPS) is 20.4. The van der Waals surface area contributed by atoms with Crippen LogP contribution >= 0.6 is 0 Å². The Morgan fingerprint density at radius 1 is 1.29 bits per heavy atom. The van der Waals surface area contributed by atoms with Crippen LogP contribution in [-0.4, -0.2) is 64.9 Å². The molecule has 2 heterocycles. The van der Waals surface area contributed by atoms with Crippen LogP contribution in [0.3, 0.4) is 0 Å². The standard InChI is InChI=1S/C22H28N4O5/c1-14-17-9-16(7-8-18(17)23-22-24-19(27)11-26(14)22)31-13-20(28)25(12-21(29)30)10-15-5-3-2-4-6-15/h7-9,14-15H,2-6,10-13H2,1H3,(H,29,30)(H,23,24,27). The van der Waals surface area contributed by atoms with Gasteiger partial charge in [-0.25, -0.2) is 4.99 Å². The number of fused-ring (bicyclic) bond motifs is 2. The Labute approximate surface area is 181 Å². The quantitative estimate of drug-likeness (QED) is 0.688. The number of nitrogens with zero attached hydrogens (tertiary/aromatic N) is 3. The lowest BCUT2D eigenvalue weighted by molar-refractivity contribution is -0.145. The molecule has 31 heavy (non-hydrogen) atoms. The van der Waals surface area contributed by atoms with Crippen LogP contribution in [0.1, 0.15) is 50.6 Å². The minimum Gasteiger partial charge on any atom is -0.484 e. The first-order valence-electron chi connectivity index (χ1n) is 10.8. The van der Waals surface area contributed by atoms with Gasteiger partial charge in [-0.3, -0.25) is 19.7 Å². The molecule has 9 heteroatoms. The average molecular weight is 428 g/mol. The molecule has 2 fully saturated rings. The van der Waals surface area contributed by atoms with E-state index in [0.29, 0.717) is 24.2 Å². The van der Waals surface area contributed by atoms with Crippen LogP contribution in [0, 0.1) is 5.92 Å². The number of aliphatic carboxylic acids is 1. The molecule has 2 N–H and O–H groups in total. The van der Waals surface area contributed by atoms with Crippen molar-refractivity contribution < 1.29 is 24.2 Å². The van der Waals surface area contributed by atoms with E-state index in [1.165, 1.54) is 11.3 Å². The minimum absolute atomic E-state index is 0.0597. The van der Waals surface area contributed by atoms with Gasteiger partial charge in [-0.1, -0.05) is 19.3 Å². The van der Waals surface area contributed by atoms with Crippen molar-refractivity contribution in [3.05, 3.63) is 23.8 Å². The molecule has 1 atom stereocenters. The zero-order chi connectivity index (χ0) is 22.0. The van der Waals surface area contributed by atoms with E-state index in [9.17, 15) is 19.5 Å². The van der Waals surface area contributed by atoms with E-state index in [0.717, 1.165) is 36.9 Å². The zero-order valence-corrected chi connectivity index (χ0v) is 17.7. The van der Waals surface area contributed by atoms with E-state index in [1.807, 2.05) is 17.9 Å². The van der Waals surface area contributed by atoms with Gasteiger partial charge in [-0.15, -0.1) is 0 Å². The van der Waals surface area contributed by atoms with E-state index in [2.05, 4.69) is 10.3 Å². The number of rotatable bonds is 7. The van der Waals surface area contributed by atoms with Crippen molar-refractivity contribution in [2.24, 2.45) is 10.9 Å². The molecular formula is C22H28N4O5. The van der Waals surface area contributed by atoms with Crippen LogP contribution < -0.4 is 10.1 Å². The summed E-state index contributed by atoms with van der Waals surface area (Å²) in [5.41, 5.74) is 1.67. The molecule has 0 radical (unpaired) electrons. The highest BCUT2D eigenvalue weighted by molar-refractivity contribution is 6.06. The molecule has 2 aliphatic heterocycles. The molecule has 1 aliphatic carbocycles. The summed E-state index contributed by atoms with van der Waals surface area (Å²) in [6.07, 6.45) is 5.53. The first-order chi connectivity index (χ1) is 14.9. The molecule has 2 amide bonds. The number of nitrogens with one attached hydrogen (secondary N) is 1. The van der Waals surface area contributed by atoms with Gasteiger partial charge in [-0.2, -0.15) is 0 Å². The number of carbonyl (C=O) groups is 3. The molecule has 1 unspecified atom stereocenters. The lowest BCUT2D eigenvalue weighted by Gasteiger charge is -2.30. The van der Waals surface area contributed by atoms with E-state index in [1.54, 1.807) is 12.1 Å². The third kappa shape index (κ3) is 4.81. The Hall–Kier alpha value is -3.10. The molecule has 1 saturated carbocycles. The summed E-state index contributed by atoms with van der Waals surface area (Å²) >= 11 is 0. The van der Waals surface area contributed by atoms with Crippen molar-refractivity contribution in [1.82, 2.24) is 15.1 Å². The van der Waals surface area contributed by atoms with Crippen molar-refractivity contribution in [2.45, 2.75) is 45.1 Å². The highest BCUT2D eigenvalue weighted by Gasteiger charge is 2.34. The summed E-state index contributed by atoms with van der Waals surface area (Å²) in [6.45, 7) is 2.18. The number of aliphatic imine (C=N–C) groups is 1. The molecule has 4 rings (SSSR count). The molecule has 9 nitrogen and oxygen atoms in total. The van der Waals surface area contributed by atoms with Gasteiger partial charge in [0.25, 0.3) is 5.91 Å². The van der Waals surface area contributed by atoms with E-state index < -0.39 is 5.97 Å². The molecule has 1 aromatic rings. The second kappa shape index (κ2) is 8.95. The van der Waals surface area contributed by atoms with Crippen LogP contribution in [-0.2, 0) is 14.4 Å². The molecule has 1 saturated heterocycles. The Bertz CT molecular complexity index is 909. The summed E-state index contributed by atoms with van der Waals surface area (Å²) in [6, 6.07) is 5.31. The van der Waals surface area contributed by atoms with E-state index in [4.69, 9.17) is 4.74 Å². The summed E-state index contributed by atoms with van der Waals surface area (Å²) in [4.78, 5) is 43.4. The number of benzene rings is 1. The van der Waals surface area contributed by atoms with Crippen LogP contribution in [0.4, 0.5) is 5.69 Å². The second-order valence-corrected chi connectivity index (χ2v) is 8.47. The van der Waals surface area contributed by atoms with Gasteiger partial charge in [0.05, 0.1) is 11.7 Å². The van der Waals surface area contributed by atoms with Crippen molar-refractivity contribution in [1.29, 1.82) is 0 Å². The molecule has 1 aromatic carbocycles. The summed E-state index contributed by atoms with van der Waals surface area (Å²) < 4.78 is 5.73. The average Bonchev–Trinajstić information content (AvgIpc) is 3.13. The van der Waals surface area contributed by atoms with Crippen molar-refractivity contribution in [2.75, 3.05) is 26.2 Å². The van der Waals surface area contributed by atoms with Gasteiger partial charge >= 0.3 is 5.97 Å². The van der Waals surface area contributed by atoms with E-state index >= 15 is 0 Å². The third-order valence-corrected chi connectivity index (χ3v) is 6.22. The Kier molecular flexibility index (Phi) is 6.11. The number of guanidine groups is 1. The molecule has 166 valence electrons. The molecule has 3 aliphatic rings. The van der Waals surface area contributed by atoms with Gasteiger partial charge in [0.15, 0.2) is 6.61 Å². The smallest absolute Gasteiger partial charge is 0.323 e. The van der Waals surface area contributed by atoms with Gasteiger partial charge in [0.1, 0.15) is 18.8 Å². The maximum Gasteiger partial charge on any atom is 0.323 e. The van der Waals surface area contributed by atoms with Gasteiger partial charge in [0.2, 0.25) is 11.9 Å². The predicted octanol–water partition coefficient (Wildman–Crippen LogP) is 2.05. The number of hydrogen-bond acceptors (Lipinski definition) is 6. The third-order valence-electron chi connectivity index (χ3n) is 6.22. The monoisotopic (exact) mass is 428 g/mol. The molecule has 0 spiro atoms. The minimum atomic E-state index is -1.02. The highest BCUT2D eigenvalue weighted by Crippen LogP contribution is 2.37. The summed E-state index contributed by atoms with van der Waals surface area (Å²) in [5.74, 6) is -0.00469. The fourth-order valence-corrected chi connectivity index (χ4v) is 4.55. The van der Waals surface area contributed by atoms with Crippen LogP contribution in [0.25, 0.3) is 0 Å². The predicted molar refractivity (Wildman–Crippen MR) is 113 cm³/mol. The second-order valence-electron chi connectivity index (χ2n) is 8.47. The first-order valence-corrected chi connectivity index (χ1v) is 10.8. The zero-order valence-electron chi connectivity index (χ0n) is 17.7. The largest absolute Gasteiger partial charge is 0.484 e. The van der Waals surface area contributed by atoms with Crippen LogP contribution in [0.15, 0.2) is 23.2 Å². The first kappa shape index (κ1) is 21.1. The van der Waals surface area contributed by atoms with E-state index in [-0.39, 0.29) is 37.6 Å². The number of amides is 2. The Balaban J connectivity index is 1.40. The van der Waals surface area contributed by atoms with Crippen molar-refractivity contribution in [3.63, 3.8) is 0 Å². The number of hydrogen-bond donors (Lipinski definition) is 2. The Morgan fingerprint density at radius 2 is 2.06 bits per heavy atom. The maximum atomic E-state index is 12.7. The fourth-order valence-electron chi connectivity index (χ4n) is 4.55. The fraction of sp³-hybridized carbons (Fsp3) is 0.545. The Morgan fingerprint density at radius 3 is 2.81 bits per heavy atom. The molecular weight excluding hydrogens is 400 g/mol. The van der Waals surface area contributed by atoms with Crippen molar-refractivity contribution in [3.8, 4) is 5.75 Å². The topological polar surface area (TPSA) is 112 Å². The number of carboxylic acid groups (broad SMARTS) is 1. The SMILES string of the molecule is CC1c2cc(OCC(=O)N(CC(=O)O)CC3CCCCC3)ccc2N=C2NC(=O)CN21. The lowest BCUT2D eigenvalue weighted by atomic mass is 9.89. The maximum absolute atomic E-state index is 12.7. The molecule has 0 bridgehead atoms. The van der Waals surface area contributed by atoms with Gasteiger partial charge < -0.3 is 19.6 Å². The van der Waals surface area contributed by atoms with Crippen LogP contribution in [0.5, 0.6) is 5.75 Å². The summed E-state index contributed by atoms with van der Waals surface area (Å²) in [5, 5.41) is 12.0.